The van der Waals surface area contributed by atoms with E-state index in [0.717, 1.165) is 4.47 Å². The van der Waals surface area contributed by atoms with Gasteiger partial charge in [0.25, 0.3) is 0 Å². The Morgan fingerprint density at radius 2 is 2.36 bits per heavy atom. The molecule has 0 fully saturated rings. The van der Waals surface area contributed by atoms with Gasteiger partial charge in [-0.3, -0.25) is 9.48 Å². The van der Waals surface area contributed by atoms with Crippen LogP contribution in [0.25, 0.3) is 0 Å². The Hall–Kier alpha value is -0.840. The second kappa shape index (κ2) is 4.59. The number of carbonyl (C=O) groups excluding carboxylic acids is 1. The molecule has 0 aliphatic heterocycles. The Morgan fingerprint density at radius 3 is 2.79 bits per heavy atom. The predicted octanol–water partition coefficient (Wildman–Crippen LogP) is 1.51. The Balaban J connectivity index is 2.57. The van der Waals surface area contributed by atoms with Gasteiger partial charge in [-0.25, -0.2) is 0 Å². The molecule has 0 aliphatic carbocycles. The third kappa shape index (κ3) is 2.83. The minimum absolute atomic E-state index is 0.0654. The average molecular weight is 260 g/mol. The maximum atomic E-state index is 11.6. The highest BCUT2D eigenvalue weighted by atomic mass is 79.9. The molecule has 0 N–H and O–H groups in total. The van der Waals surface area contributed by atoms with E-state index in [-0.39, 0.29) is 11.9 Å². The van der Waals surface area contributed by atoms with E-state index < -0.39 is 0 Å². The molecule has 14 heavy (non-hydrogen) atoms. The number of amides is 1. The summed E-state index contributed by atoms with van der Waals surface area (Å²) in [5, 5.41) is 4.02. The van der Waals surface area contributed by atoms with Crippen molar-refractivity contribution in [2.45, 2.75) is 26.4 Å². The van der Waals surface area contributed by atoms with Crippen LogP contribution < -0.4 is 0 Å². The number of nitrogens with zero attached hydrogens (tertiary/aromatic N) is 3. The van der Waals surface area contributed by atoms with Crippen molar-refractivity contribution >= 4 is 21.8 Å². The lowest BCUT2D eigenvalue weighted by atomic mass is 10.3. The third-order valence-electron chi connectivity index (χ3n) is 2.07. The SMILES string of the molecule is CC(C)N(C)C(=O)Cn1cc(Br)cn1. The second-order valence-electron chi connectivity index (χ2n) is 3.45. The van der Waals surface area contributed by atoms with Crippen molar-refractivity contribution in [2.24, 2.45) is 0 Å². The fourth-order valence-corrected chi connectivity index (χ4v) is 1.29. The van der Waals surface area contributed by atoms with Gasteiger partial charge in [0.2, 0.25) is 5.91 Å². The van der Waals surface area contributed by atoms with Crippen LogP contribution in [0.15, 0.2) is 16.9 Å². The Morgan fingerprint density at radius 1 is 1.71 bits per heavy atom. The van der Waals surface area contributed by atoms with Crippen molar-refractivity contribution in [3.8, 4) is 0 Å². The van der Waals surface area contributed by atoms with Gasteiger partial charge in [-0.05, 0) is 29.8 Å². The third-order valence-corrected chi connectivity index (χ3v) is 2.48. The van der Waals surface area contributed by atoms with Gasteiger partial charge in [0.15, 0.2) is 0 Å². The molecule has 78 valence electrons. The van der Waals surface area contributed by atoms with E-state index in [0.29, 0.717) is 6.54 Å². The molecular formula is C9H14BrN3O. The molecule has 0 bridgehead atoms. The fourth-order valence-electron chi connectivity index (χ4n) is 0.963. The summed E-state index contributed by atoms with van der Waals surface area (Å²) in [6.45, 7) is 4.26. The summed E-state index contributed by atoms with van der Waals surface area (Å²) < 4.78 is 2.50. The van der Waals surface area contributed by atoms with Gasteiger partial charge in [0.05, 0.1) is 10.7 Å². The first kappa shape index (κ1) is 11.2. The molecule has 0 aromatic carbocycles. The van der Waals surface area contributed by atoms with Crippen LogP contribution in [0, 0.1) is 0 Å². The minimum atomic E-state index is 0.0654. The Kier molecular flexibility index (Phi) is 3.69. The van der Waals surface area contributed by atoms with Gasteiger partial charge in [-0.1, -0.05) is 0 Å². The van der Waals surface area contributed by atoms with Crippen LogP contribution in [0.3, 0.4) is 0 Å². The molecule has 0 saturated carbocycles. The summed E-state index contributed by atoms with van der Waals surface area (Å²) >= 11 is 3.28. The fraction of sp³-hybridized carbons (Fsp3) is 0.556. The van der Waals surface area contributed by atoms with Crippen molar-refractivity contribution < 1.29 is 4.79 Å². The van der Waals surface area contributed by atoms with Crippen LogP contribution in [0.1, 0.15) is 13.8 Å². The summed E-state index contributed by atoms with van der Waals surface area (Å²) in [7, 11) is 1.80. The van der Waals surface area contributed by atoms with Crippen LogP contribution >= 0.6 is 15.9 Å². The highest BCUT2D eigenvalue weighted by molar-refractivity contribution is 9.10. The number of hydrogen-bond acceptors (Lipinski definition) is 2. The molecule has 5 heteroatoms. The zero-order valence-corrected chi connectivity index (χ0v) is 10.2. The summed E-state index contributed by atoms with van der Waals surface area (Å²) in [5.41, 5.74) is 0. The summed E-state index contributed by atoms with van der Waals surface area (Å²) in [4.78, 5) is 13.3. The van der Waals surface area contributed by atoms with E-state index in [1.807, 2.05) is 13.8 Å². The maximum absolute atomic E-state index is 11.6. The number of hydrogen-bond donors (Lipinski definition) is 0. The van der Waals surface area contributed by atoms with E-state index in [9.17, 15) is 4.79 Å². The van der Waals surface area contributed by atoms with E-state index in [2.05, 4.69) is 21.0 Å². The quantitative estimate of drug-likeness (QED) is 0.826. The molecule has 1 amide bonds. The highest BCUT2D eigenvalue weighted by Gasteiger charge is 2.12. The molecule has 0 aliphatic rings. The normalized spacial score (nSPS) is 10.6. The van der Waals surface area contributed by atoms with Crippen molar-refractivity contribution in [3.05, 3.63) is 16.9 Å². The Labute approximate surface area is 92.0 Å². The minimum Gasteiger partial charge on any atom is -0.342 e. The summed E-state index contributed by atoms with van der Waals surface area (Å²) in [6.07, 6.45) is 3.45. The highest BCUT2D eigenvalue weighted by Crippen LogP contribution is 2.06. The Bertz CT molecular complexity index is 322. The van der Waals surface area contributed by atoms with E-state index >= 15 is 0 Å². The van der Waals surface area contributed by atoms with Crippen molar-refractivity contribution in [3.63, 3.8) is 0 Å². The topological polar surface area (TPSA) is 38.1 Å². The number of halogens is 1. The van der Waals surface area contributed by atoms with E-state index in [1.165, 1.54) is 0 Å². The second-order valence-corrected chi connectivity index (χ2v) is 4.37. The largest absolute Gasteiger partial charge is 0.342 e. The van der Waals surface area contributed by atoms with Gasteiger partial charge in [0, 0.05) is 19.3 Å². The van der Waals surface area contributed by atoms with Gasteiger partial charge in [-0.15, -0.1) is 0 Å². The predicted molar refractivity (Wildman–Crippen MR) is 57.8 cm³/mol. The number of aromatic nitrogens is 2. The molecule has 1 aromatic rings. The lowest BCUT2D eigenvalue weighted by Crippen LogP contribution is -2.35. The van der Waals surface area contributed by atoms with Crippen molar-refractivity contribution in [2.75, 3.05) is 7.05 Å². The van der Waals surface area contributed by atoms with E-state index in [1.54, 1.807) is 29.0 Å². The molecule has 0 atom stereocenters. The van der Waals surface area contributed by atoms with Crippen molar-refractivity contribution in [1.29, 1.82) is 0 Å². The molecule has 1 heterocycles. The monoisotopic (exact) mass is 259 g/mol. The molecule has 4 nitrogen and oxygen atoms in total. The first-order valence-electron chi connectivity index (χ1n) is 4.44. The van der Waals surface area contributed by atoms with E-state index in [4.69, 9.17) is 0 Å². The number of likely N-dealkylation sites (N-methyl/N-ethyl adjacent to an activating group) is 1. The van der Waals surface area contributed by atoms with Crippen LogP contribution in [0.2, 0.25) is 0 Å². The average Bonchev–Trinajstić information content (AvgIpc) is 2.49. The summed E-state index contributed by atoms with van der Waals surface area (Å²) in [5.74, 6) is 0.0654. The molecule has 1 rings (SSSR count). The lowest BCUT2D eigenvalue weighted by molar-refractivity contribution is -0.132. The first-order valence-corrected chi connectivity index (χ1v) is 5.23. The maximum Gasteiger partial charge on any atom is 0.244 e. The molecule has 0 radical (unpaired) electrons. The van der Waals surface area contributed by atoms with Gasteiger partial charge < -0.3 is 4.90 Å². The van der Waals surface area contributed by atoms with Gasteiger partial charge in [0.1, 0.15) is 6.54 Å². The number of rotatable bonds is 3. The zero-order chi connectivity index (χ0) is 10.7. The van der Waals surface area contributed by atoms with Crippen LogP contribution in [0.5, 0.6) is 0 Å². The van der Waals surface area contributed by atoms with Gasteiger partial charge >= 0.3 is 0 Å². The molecule has 0 unspecified atom stereocenters. The molecule has 0 spiro atoms. The molecule has 0 saturated heterocycles. The smallest absolute Gasteiger partial charge is 0.244 e. The van der Waals surface area contributed by atoms with Crippen LogP contribution in [-0.4, -0.2) is 33.7 Å². The van der Waals surface area contributed by atoms with Crippen LogP contribution in [0.4, 0.5) is 0 Å². The summed E-state index contributed by atoms with van der Waals surface area (Å²) in [6, 6.07) is 0.224. The van der Waals surface area contributed by atoms with Crippen molar-refractivity contribution in [1.82, 2.24) is 14.7 Å². The molecular weight excluding hydrogens is 246 g/mol. The zero-order valence-electron chi connectivity index (χ0n) is 8.57. The standard InChI is InChI=1S/C9H14BrN3O/c1-7(2)12(3)9(14)6-13-5-8(10)4-11-13/h4-5,7H,6H2,1-3H3. The molecule has 1 aromatic heterocycles. The van der Waals surface area contributed by atoms with Gasteiger partial charge in [-0.2, -0.15) is 5.10 Å². The first-order chi connectivity index (χ1) is 6.50. The lowest BCUT2D eigenvalue weighted by Gasteiger charge is -2.21. The number of carbonyl (C=O) groups is 1. The van der Waals surface area contributed by atoms with Crippen LogP contribution in [-0.2, 0) is 11.3 Å².